The number of hydrogen-bond donors (Lipinski definition) is 1. The molecule has 2 aromatic heterocycles. The fourth-order valence-electron chi connectivity index (χ4n) is 2.33. The second-order valence-corrected chi connectivity index (χ2v) is 5.76. The van der Waals surface area contributed by atoms with Crippen molar-refractivity contribution < 1.29 is 14.0 Å². The molecule has 0 aliphatic carbocycles. The first kappa shape index (κ1) is 17.3. The Labute approximate surface area is 150 Å². The number of benzene rings is 1. The first-order valence-corrected chi connectivity index (χ1v) is 8.06. The van der Waals surface area contributed by atoms with Crippen molar-refractivity contribution in [3.05, 3.63) is 71.3 Å². The van der Waals surface area contributed by atoms with Crippen molar-refractivity contribution in [2.45, 2.75) is 20.4 Å². The molecule has 0 unspecified atom stereocenters. The lowest BCUT2D eigenvalue weighted by molar-refractivity contribution is -0.111. The number of carbonyl (C=O) groups excluding carboxylic acids is 2. The van der Waals surface area contributed by atoms with Crippen molar-refractivity contribution in [2.24, 2.45) is 0 Å². The average Bonchev–Trinajstić information content (AvgIpc) is 3.24. The van der Waals surface area contributed by atoms with Gasteiger partial charge < -0.3 is 9.73 Å². The maximum atomic E-state index is 12.0. The highest BCUT2D eigenvalue weighted by atomic mass is 16.3. The van der Waals surface area contributed by atoms with E-state index in [-0.39, 0.29) is 18.2 Å². The van der Waals surface area contributed by atoms with Crippen molar-refractivity contribution in [3.63, 3.8) is 0 Å². The van der Waals surface area contributed by atoms with Gasteiger partial charge >= 0.3 is 0 Å². The number of nitrogens with one attached hydrogen (secondary N) is 1. The van der Waals surface area contributed by atoms with Gasteiger partial charge in [0.15, 0.2) is 17.4 Å². The quantitative estimate of drug-likeness (QED) is 0.545. The first-order valence-electron chi connectivity index (χ1n) is 8.06. The number of amides is 1. The van der Waals surface area contributed by atoms with E-state index in [1.165, 1.54) is 24.0 Å². The predicted octanol–water partition coefficient (Wildman–Crippen LogP) is 3.08. The van der Waals surface area contributed by atoms with Crippen LogP contribution in [0.3, 0.4) is 0 Å². The summed E-state index contributed by atoms with van der Waals surface area (Å²) in [6.45, 7) is 3.68. The normalized spacial score (nSPS) is 11.0. The molecule has 1 N–H and O–H groups in total. The molecule has 3 aromatic rings. The Kier molecular flexibility index (Phi) is 5.07. The van der Waals surface area contributed by atoms with Gasteiger partial charge in [0.2, 0.25) is 5.91 Å². The van der Waals surface area contributed by atoms with Gasteiger partial charge in [-0.2, -0.15) is 9.90 Å². The van der Waals surface area contributed by atoms with Crippen LogP contribution in [0.1, 0.15) is 34.4 Å². The fourth-order valence-corrected chi connectivity index (χ4v) is 2.33. The molecule has 7 heteroatoms. The maximum Gasteiger partial charge on any atom is 0.249 e. The molecule has 0 atom stereocenters. The summed E-state index contributed by atoms with van der Waals surface area (Å²) in [6.07, 6.45) is 4.66. The summed E-state index contributed by atoms with van der Waals surface area (Å²) in [5.41, 5.74) is 2.07. The minimum atomic E-state index is -0.294. The molecule has 0 saturated carbocycles. The van der Waals surface area contributed by atoms with Crippen molar-refractivity contribution in [1.82, 2.24) is 15.0 Å². The second kappa shape index (κ2) is 7.60. The van der Waals surface area contributed by atoms with Crippen molar-refractivity contribution >= 4 is 23.6 Å². The molecule has 26 heavy (non-hydrogen) atoms. The Morgan fingerprint density at radius 2 is 2.04 bits per heavy atom. The van der Waals surface area contributed by atoms with Crippen LogP contribution in [0.5, 0.6) is 0 Å². The van der Waals surface area contributed by atoms with Crippen LogP contribution in [0.4, 0.5) is 5.82 Å². The summed E-state index contributed by atoms with van der Waals surface area (Å²) >= 11 is 0. The van der Waals surface area contributed by atoms with Gasteiger partial charge in [0, 0.05) is 13.0 Å². The van der Waals surface area contributed by atoms with E-state index < -0.39 is 0 Å². The maximum absolute atomic E-state index is 12.0. The molecule has 132 valence electrons. The zero-order valence-corrected chi connectivity index (χ0v) is 14.5. The van der Waals surface area contributed by atoms with Gasteiger partial charge in [0.05, 0.1) is 6.20 Å². The highest BCUT2D eigenvalue weighted by Gasteiger charge is 2.09. The summed E-state index contributed by atoms with van der Waals surface area (Å²) in [5, 5.41) is 10.9. The Morgan fingerprint density at radius 1 is 1.23 bits per heavy atom. The van der Waals surface area contributed by atoms with Gasteiger partial charge in [-0.3, -0.25) is 9.59 Å². The molecular weight excluding hydrogens is 332 g/mol. The lowest BCUT2D eigenvalue weighted by Gasteiger charge is -1.99. The number of nitrogens with zero attached hydrogens (tertiary/aromatic N) is 3. The van der Waals surface area contributed by atoms with Gasteiger partial charge in [-0.25, -0.2) is 0 Å². The lowest BCUT2D eigenvalue weighted by Crippen LogP contribution is -2.09. The van der Waals surface area contributed by atoms with Crippen LogP contribution < -0.4 is 5.32 Å². The van der Waals surface area contributed by atoms with Crippen molar-refractivity contribution in [3.8, 4) is 0 Å². The topological polar surface area (TPSA) is 90.0 Å². The Bertz CT molecular complexity index is 969. The molecule has 0 spiro atoms. The van der Waals surface area contributed by atoms with E-state index in [4.69, 9.17) is 4.42 Å². The number of aryl methyl sites for hydroxylation is 1. The number of ketones is 1. The van der Waals surface area contributed by atoms with E-state index >= 15 is 0 Å². The van der Waals surface area contributed by atoms with Gasteiger partial charge in [-0.1, -0.05) is 24.3 Å². The van der Waals surface area contributed by atoms with Crippen molar-refractivity contribution in [2.75, 3.05) is 5.32 Å². The highest BCUT2D eigenvalue weighted by Crippen LogP contribution is 2.11. The van der Waals surface area contributed by atoms with Gasteiger partial charge in [0.25, 0.3) is 0 Å². The van der Waals surface area contributed by atoms with Crippen LogP contribution in [0.2, 0.25) is 0 Å². The number of Topliss-reactive ketones (excluding diaryl/α,β-unsaturated/α-hetero) is 1. The Balaban J connectivity index is 1.60. The number of hydrogen-bond acceptors (Lipinski definition) is 5. The standard InChI is InChI=1S/C19H18N4O3/c1-13-5-3-4-6-15(13)7-10-19(25)21-18-11-20-23(22-18)12-16-8-9-17(26-16)14(2)24/h3-11H,12H2,1-2H3,(H,21,22,25)/b10-7-. The van der Waals surface area contributed by atoms with Gasteiger partial charge in [-0.15, -0.1) is 5.10 Å². The Hall–Kier alpha value is -3.48. The zero-order valence-electron chi connectivity index (χ0n) is 14.5. The molecule has 0 bridgehead atoms. The zero-order chi connectivity index (χ0) is 18.5. The van der Waals surface area contributed by atoms with E-state index in [0.717, 1.165) is 11.1 Å². The molecular formula is C19H18N4O3. The summed E-state index contributed by atoms with van der Waals surface area (Å²) in [7, 11) is 0. The molecule has 7 nitrogen and oxygen atoms in total. The molecule has 0 aliphatic rings. The number of aromatic nitrogens is 3. The molecule has 2 heterocycles. The van der Waals surface area contributed by atoms with E-state index in [0.29, 0.717) is 17.3 Å². The van der Waals surface area contributed by atoms with Crippen LogP contribution >= 0.6 is 0 Å². The minimum absolute atomic E-state index is 0.141. The number of carbonyl (C=O) groups is 2. The number of rotatable bonds is 6. The smallest absolute Gasteiger partial charge is 0.249 e. The minimum Gasteiger partial charge on any atom is -0.456 e. The molecule has 0 saturated heterocycles. The summed E-state index contributed by atoms with van der Waals surface area (Å²) in [6, 6.07) is 11.1. The van der Waals surface area contributed by atoms with Crippen LogP contribution in [-0.2, 0) is 11.3 Å². The van der Waals surface area contributed by atoms with Gasteiger partial charge in [-0.05, 0) is 36.3 Å². The van der Waals surface area contributed by atoms with Crippen LogP contribution in [0.25, 0.3) is 6.08 Å². The van der Waals surface area contributed by atoms with E-state index in [1.54, 1.807) is 18.2 Å². The van der Waals surface area contributed by atoms with E-state index in [9.17, 15) is 9.59 Å². The Morgan fingerprint density at radius 3 is 2.77 bits per heavy atom. The monoisotopic (exact) mass is 350 g/mol. The average molecular weight is 350 g/mol. The molecule has 1 aromatic carbocycles. The third kappa shape index (κ3) is 4.32. The third-order valence-corrected chi connectivity index (χ3v) is 3.70. The molecule has 1 amide bonds. The summed E-state index contributed by atoms with van der Waals surface area (Å²) in [4.78, 5) is 24.6. The molecule has 0 radical (unpaired) electrons. The van der Waals surface area contributed by atoms with E-state index in [2.05, 4.69) is 15.5 Å². The SMILES string of the molecule is CC(=O)c1ccc(Cn2ncc(NC(=O)/C=C\c3ccccc3C)n2)o1. The van der Waals surface area contributed by atoms with Gasteiger partial charge in [0.1, 0.15) is 12.3 Å². The summed E-state index contributed by atoms with van der Waals surface area (Å²) < 4.78 is 5.39. The van der Waals surface area contributed by atoms with Crippen LogP contribution in [0.15, 0.2) is 53.1 Å². The number of anilines is 1. The predicted molar refractivity (Wildman–Crippen MR) is 96.7 cm³/mol. The molecule has 3 rings (SSSR count). The lowest BCUT2D eigenvalue weighted by atomic mass is 10.1. The third-order valence-electron chi connectivity index (χ3n) is 3.70. The first-order chi connectivity index (χ1) is 12.5. The molecule has 0 aliphatic heterocycles. The van der Waals surface area contributed by atoms with Crippen LogP contribution in [-0.4, -0.2) is 26.7 Å². The summed E-state index contributed by atoms with van der Waals surface area (Å²) in [5.74, 6) is 0.753. The largest absolute Gasteiger partial charge is 0.456 e. The van der Waals surface area contributed by atoms with E-state index in [1.807, 2.05) is 31.2 Å². The fraction of sp³-hybridized carbons (Fsp3) is 0.158. The van der Waals surface area contributed by atoms with Crippen LogP contribution in [0, 0.1) is 6.92 Å². The number of furan rings is 1. The molecule has 0 fully saturated rings. The second-order valence-electron chi connectivity index (χ2n) is 5.76. The highest BCUT2D eigenvalue weighted by molar-refractivity contribution is 6.01. The van der Waals surface area contributed by atoms with Crippen molar-refractivity contribution in [1.29, 1.82) is 0 Å².